The van der Waals surface area contributed by atoms with Crippen molar-refractivity contribution in [2.45, 2.75) is 0 Å². The van der Waals surface area contributed by atoms with Crippen LogP contribution in [0.4, 0.5) is 0 Å². The molecule has 1 aromatic rings. The quantitative estimate of drug-likeness (QED) is 0.453. The molecular weight excluding hydrogens is 199 g/mol. The van der Waals surface area contributed by atoms with Gasteiger partial charge in [0.2, 0.25) is 0 Å². The van der Waals surface area contributed by atoms with Crippen LogP contribution in [0.1, 0.15) is 20.7 Å². The second-order valence-electron chi connectivity index (χ2n) is 2.15. The van der Waals surface area contributed by atoms with Gasteiger partial charge in [-0.25, -0.2) is 0 Å². The Kier molecular flexibility index (Phi) is 5.42. The van der Waals surface area contributed by atoms with Crippen LogP contribution in [-0.2, 0) is 0 Å². The van der Waals surface area contributed by atoms with E-state index in [2.05, 4.69) is 0 Å². The molecule has 0 atom stereocenters. The zero-order chi connectivity index (χ0) is 9.14. The van der Waals surface area contributed by atoms with E-state index in [1.165, 1.54) is 0 Å². The second-order valence-corrected chi connectivity index (χ2v) is 2.15. The van der Waals surface area contributed by atoms with Crippen molar-refractivity contribution in [3.63, 3.8) is 0 Å². The van der Waals surface area contributed by atoms with Gasteiger partial charge in [-0.1, -0.05) is 24.3 Å². The average molecular weight is 203 g/mol. The first-order chi connectivity index (χ1) is 5.61. The van der Waals surface area contributed by atoms with Crippen LogP contribution in [0, 0.1) is 0 Å². The van der Waals surface area contributed by atoms with Crippen LogP contribution in [0.5, 0.6) is 0 Å². The van der Waals surface area contributed by atoms with E-state index < -0.39 is 11.9 Å². The van der Waals surface area contributed by atoms with Crippen molar-refractivity contribution in [2.75, 3.05) is 0 Å². The molecule has 0 heterocycles. The van der Waals surface area contributed by atoms with Crippen LogP contribution in [0.2, 0.25) is 0 Å². The summed E-state index contributed by atoms with van der Waals surface area (Å²) < 4.78 is 0. The van der Waals surface area contributed by atoms with E-state index in [1.807, 2.05) is 0 Å². The Morgan fingerprint density at radius 3 is 1.23 bits per heavy atom. The van der Waals surface area contributed by atoms with Gasteiger partial charge in [0, 0.05) is 0 Å². The molecule has 0 amide bonds. The predicted octanol–water partition coefficient (Wildman–Crippen LogP) is -4.58. The third-order valence-electron chi connectivity index (χ3n) is 1.36. The molecule has 0 N–H and O–H groups in total. The Morgan fingerprint density at radius 2 is 1.08 bits per heavy atom. The number of carbonyl (C=O) groups is 2. The third-order valence-corrected chi connectivity index (χ3v) is 1.36. The maximum absolute atomic E-state index is 10.2. The van der Waals surface area contributed by atoms with Crippen LogP contribution < -0.4 is 61.6 Å². The minimum Gasteiger partial charge on any atom is -0.545 e. The van der Waals surface area contributed by atoms with Crippen molar-refractivity contribution in [3.8, 4) is 0 Å². The monoisotopic (exact) mass is 203 g/mol. The number of carboxylic acid groups (broad SMARTS) is 2. The van der Waals surface area contributed by atoms with Crippen molar-refractivity contribution in [1.82, 2.24) is 0 Å². The Labute approximate surface area is 117 Å². The molecule has 1 aromatic carbocycles. The van der Waals surface area contributed by atoms with Gasteiger partial charge in [-0.3, -0.25) is 0 Å². The fourth-order valence-electron chi connectivity index (χ4n) is 0.742. The molecule has 0 aliphatic carbocycles. The Balaban J connectivity index is 0.00000144. The number of aromatic carboxylic acids is 2. The van der Waals surface area contributed by atoms with E-state index >= 15 is 0 Å². The van der Waals surface area contributed by atoms with Gasteiger partial charge < -0.3 is 19.8 Å². The molecule has 5 heteroatoms. The number of rotatable bonds is 2. The molecule has 0 spiro atoms. The Morgan fingerprint density at radius 1 is 0.846 bits per heavy atom. The van der Waals surface area contributed by atoms with E-state index in [0.717, 1.165) is 24.3 Å². The van der Waals surface area contributed by atoms with E-state index in [0.29, 0.717) is 0 Å². The molecule has 0 bridgehead atoms. The molecular formula is C8H4KO4-. The maximum Gasteiger partial charge on any atom is 1.00 e. The van der Waals surface area contributed by atoms with E-state index in [4.69, 9.17) is 0 Å². The van der Waals surface area contributed by atoms with Gasteiger partial charge in [-0.2, -0.15) is 0 Å². The standard InChI is InChI=1S/C8H6O4.K/c9-7(10)5-1-2-6(4-3-5)8(11)12;/h1-4H,(H,9,10)(H,11,12);/q;+1/p-2. The van der Waals surface area contributed by atoms with Crippen LogP contribution in [-0.4, -0.2) is 11.9 Å². The summed E-state index contributed by atoms with van der Waals surface area (Å²) in [5.74, 6) is -2.67. The van der Waals surface area contributed by atoms with Crippen molar-refractivity contribution >= 4 is 11.9 Å². The molecule has 0 aromatic heterocycles. The predicted molar refractivity (Wildman–Crippen MR) is 35.1 cm³/mol. The largest absolute Gasteiger partial charge is 1.00 e. The summed E-state index contributed by atoms with van der Waals surface area (Å²) in [6, 6.07) is 4.61. The molecule has 0 aliphatic rings. The summed E-state index contributed by atoms with van der Waals surface area (Å²) in [4.78, 5) is 20.4. The molecule has 0 saturated heterocycles. The van der Waals surface area contributed by atoms with Crippen molar-refractivity contribution in [3.05, 3.63) is 35.4 Å². The number of carboxylic acids is 2. The van der Waals surface area contributed by atoms with Crippen molar-refractivity contribution < 1.29 is 71.2 Å². The van der Waals surface area contributed by atoms with E-state index in [1.54, 1.807) is 0 Å². The van der Waals surface area contributed by atoms with E-state index in [-0.39, 0.29) is 62.5 Å². The number of hydrogen-bond donors (Lipinski definition) is 0. The van der Waals surface area contributed by atoms with Gasteiger partial charge in [0.25, 0.3) is 0 Å². The first-order valence-corrected chi connectivity index (χ1v) is 3.14. The van der Waals surface area contributed by atoms with Crippen LogP contribution in [0.25, 0.3) is 0 Å². The summed E-state index contributed by atoms with van der Waals surface area (Å²) in [7, 11) is 0. The summed E-state index contributed by atoms with van der Waals surface area (Å²) >= 11 is 0. The SMILES string of the molecule is O=C([O-])c1ccc(C(=O)[O-])cc1.[K+]. The summed E-state index contributed by atoms with van der Waals surface area (Å²) in [6.45, 7) is 0. The second kappa shape index (κ2) is 5.51. The normalized spacial score (nSPS) is 8.62. The summed E-state index contributed by atoms with van der Waals surface area (Å²) in [6.07, 6.45) is 0. The third kappa shape index (κ3) is 3.57. The number of benzene rings is 1. The minimum atomic E-state index is -1.33. The average Bonchev–Trinajstić information content (AvgIpc) is 2.04. The first kappa shape index (κ1) is 12.8. The minimum absolute atomic E-state index is 0. The van der Waals surface area contributed by atoms with Gasteiger partial charge in [-0.15, -0.1) is 0 Å². The zero-order valence-electron chi connectivity index (χ0n) is 6.94. The first-order valence-electron chi connectivity index (χ1n) is 3.14. The Bertz CT molecular complexity index is 284. The van der Waals surface area contributed by atoms with Gasteiger partial charge in [0.05, 0.1) is 11.9 Å². The fourth-order valence-corrected chi connectivity index (χ4v) is 0.742. The summed E-state index contributed by atoms with van der Waals surface area (Å²) in [5, 5.41) is 20.4. The number of hydrogen-bond acceptors (Lipinski definition) is 4. The fraction of sp³-hybridized carbons (Fsp3) is 0. The smallest absolute Gasteiger partial charge is 0.545 e. The molecule has 0 saturated carbocycles. The molecule has 0 radical (unpaired) electrons. The van der Waals surface area contributed by atoms with Crippen LogP contribution >= 0.6 is 0 Å². The molecule has 0 fully saturated rings. The van der Waals surface area contributed by atoms with Crippen LogP contribution in [0.15, 0.2) is 24.3 Å². The molecule has 4 nitrogen and oxygen atoms in total. The van der Waals surface area contributed by atoms with Crippen molar-refractivity contribution in [1.29, 1.82) is 0 Å². The topological polar surface area (TPSA) is 80.3 Å². The number of carbonyl (C=O) groups excluding carboxylic acids is 2. The summed E-state index contributed by atoms with van der Waals surface area (Å²) in [5.41, 5.74) is -0.111. The Hall–Kier alpha value is -0.204. The molecule has 0 unspecified atom stereocenters. The maximum atomic E-state index is 10.2. The van der Waals surface area contributed by atoms with Gasteiger partial charge in [-0.05, 0) is 11.1 Å². The van der Waals surface area contributed by atoms with Crippen LogP contribution in [0.3, 0.4) is 0 Å². The molecule has 0 aliphatic heterocycles. The van der Waals surface area contributed by atoms with Gasteiger partial charge in [0.15, 0.2) is 0 Å². The van der Waals surface area contributed by atoms with Crippen molar-refractivity contribution in [2.24, 2.45) is 0 Å². The van der Waals surface area contributed by atoms with Gasteiger partial charge in [0.1, 0.15) is 0 Å². The zero-order valence-corrected chi connectivity index (χ0v) is 10.1. The van der Waals surface area contributed by atoms with E-state index in [9.17, 15) is 19.8 Å². The van der Waals surface area contributed by atoms with Gasteiger partial charge >= 0.3 is 51.4 Å². The molecule has 1 rings (SSSR count). The molecule has 62 valence electrons. The molecule has 13 heavy (non-hydrogen) atoms.